The highest BCUT2D eigenvalue weighted by molar-refractivity contribution is 14.1. The van der Waals surface area contributed by atoms with Crippen LogP contribution in [-0.2, 0) is 9.53 Å². The van der Waals surface area contributed by atoms with Crippen LogP contribution in [0.4, 0.5) is 0 Å². The quantitative estimate of drug-likeness (QED) is 0.422. The molecule has 5 heteroatoms. The monoisotopic (exact) mass is 409 g/mol. The van der Waals surface area contributed by atoms with Crippen molar-refractivity contribution < 1.29 is 9.53 Å². The number of rotatable bonds is 2. The van der Waals surface area contributed by atoms with Crippen molar-refractivity contribution in [2.24, 2.45) is 4.99 Å². The predicted molar refractivity (Wildman–Crippen MR) is 91.2 cm³/mol. The normalized spacial score (nSPS) is 16.0. The van der Waals surface area contributed by atoms with E-state index in [1.54, 1.807) is 12.1 Å². The molecule has 0 aromatic heterocycles. The second-order valence-corrected chi connectivity index (χ2v) is 6.02. The molecule has 104 valence electrons. The summed E-state index contributed by atoms with van der Waals surface area (Å²) in [6, 6.07) is 15.0. The topological polar surface area (TPSA) is 38.7 Å². The molecule has 0 amide bonds. The maximum atomic E-state index is 11.9. The second kappa shape index (κ2) is 5.99. The largest absolute Gasteiger partial charge is 0.402 e. The summed E-state index contributed by atoms with van der Waals surface area (Å²) in [5.74, 6) is -0.227. The predicted octanol–water partition coefficient (Wildman–Crippen LogP) is 4.29. The van der Waals surface area contributed by atoms with Crippen LogP contribution in [0.5, 0.6) is 0 Å². The van der Waals surface area contributed by atoms with Crippen LogP contribution in [0, 0.1) is 3.57 Å². The van der Waals surface area contributed by atoms with E-state index in [-0.39, 0.29) is 11.6 Å². The molecule has 0 aliphatic carbocycles. The van der Waals surface area contributed by atoms with Crippen molar-refractivity contribution in [3.05, 3.63) is 73.9 Å². The molecule has 1 heterocycles. The number of halogens is 2. The Labute approximate surface area is 140 Å². The lowest BCUT2D eigenvalue weighted by Gasteiger charge is -2.02. The van der Waals surface area contributed by atoms with Crippen molar-refractivity contribution in [2.45, 2.75) is 0 Å². The minimum atomic E-state index is -0.469. The maximum absolute atomic E-state index is 11.9. The van der Waals surface area contributed by atoms with Crippen LogP contribution >= 0.6 is 34.2 Å². The summed E-state index contributed by atoms with van der Waals surface area (Å²) in [5.41, 5.74) is 1.78. The lowest BCUT2D eigenvalue weighted by Crippen LogP contribution is -2.06. The number of aliphatic imine (C=N–C) groups is 1. The molecule has 3 rings (SSSR count). The Hall–Kier alpha value is -1.66. The fraction of sp³-hybridized carbons (Fsp3) is 0. The van der Waals surface area contributed by atoms with Gasteiger partial charge in [-0.05, 0) is 52.4 Å². The van der Waals surface area contributed by atoms with Gasteiger partial charge in [0.05, 0.1) is 10.6 Å². The highest BCUT2D eigenvalue weighted by Gasteiger charge is 2.25. The second-order valence-electron chi connectivity index (χ2n) is 4.37. The van der Waals surface area contributed by atoms with Gasteiger partial charge in [-0.25, -0.2) is 9.79 Å². The molecule has 0 bridgehead atoms. The number of nitrogens with zero attached hydrogens (tertiary/aromatic N) is 1. The third kappa shape index (κ3) is 3.16. The average Bonchev–Trinajstić information content (AvgIpc) is 2.84. The number of carbonyl (C=O) groups is 1. The molecule has 0 radical (unpaired) electrons. The Morgan fingerprint density at radius 2 is 1.90 bits per heavy atom. The molecule has 0 atom stereocenters. The maximum Gasteiger partial charge on any atom is 0.363 e. The molecule has 0 spiro atoms. The van der Waals surface area contributed by atoms with Crippen LogP contribution < -0.4 is 0 Å². The van der Waals surface area contributed by atoms with Crippen molar-refractivity contribution in [1.82, 2.24) is 0 Å². The molecule has 0 fully saturated rings. The molecular formula is C16H9ClINO2. The summed E-state index contributed by atoms with van der Waals surface area (Å²) in [5, 5.41) is 0.503. The third-order valence-electron chi connectivity index (χ3n) is 2.88. The zero-order valence-electron chi connectivity index (χ0n) is 10.7. The van der Waals surface area contributed by atoms with Gasteiger partial charge in [0.25, 0.3) is 0 Å². The van der Waals surface area contributed by atoms with Crippen molar-refractivity contribution >= 4 is 52.1 Å². The zero-order chi connectivity index (χ0) is 14.8. The first-order chi connectivity index (χ1) is 10.1. The number of ether oxygens (including phenoxy) is 1. The molecule has 0 saturated carbocycles. The first-order valence-corrected chi connectivity index (χ1v) is 7.62. The van der Waals surface area contributed by atoms with Crippen LogP contribution in [0.15, 0.2) is 59.2 Å². The van der Waals surface area contributed by atoms with Crippen molar-refractivity contribution in [3.63, 3.8) is 0 Å². The highest BCUT2D eigenvalue weighted by atomic mass is 127. The fourth-order valence-corrected chi connectivity index (χ4v) is 2.58. The van der Waals surface area contributed by atoms with Gasteiger partial charge in [0.1, 0.15) is 0 Å². The first-order valence-electron chi connectivity index (χ1n) is 6.16. The number of hydrogen-bond acceptors (Lipinski definition) is 3. The van der Waals surface area contributed by atoms with Gasteiger partial charge in [-0.15, -0.1) is 0 Å². The standard InChI is InChI=1S/C16H9ClINO2/c17-13-7-6-11(18)9-12(13)15-19-14(16(20)21-15)8-10-4-2-1-3-5-10/h1-9H/b14-8+. The zero-order valence-corrected chi connectivity index (χ0v) is 13.6. The van der Waals surface area contributed by atoms with E-state index in [0.29, 0.717) is 10.6 Å². The Kier molecular flexibility index (Phi) is 4.07. The van der Waals surface area contributed by atoms with Crippen LogP contribution in [0.2, 0.25) is 5.02 Å². The molecule has 3 nitrogen and oxygen atoms in total. The van der Waals surface area contributed by atoms with Gasteiger partial charge < -0.3 is 4.74 Å². The van der Waals surface area contributed by atoms with Crippen LogP contribution in [-0.4, -0.2) is 11.9 Å². The molecular weight excluding hydrogens is 401 g/mol. The summed E-state index contributed by atoms with van der Waals surface area (Å²) in [7, 11) is 0. The van der Waals surface area contributed by atoms with Gasteiger partial charge in [0.15, 0.2) is 5.70 Å². The van der Waals surface area contributed by atoms with Gasteiger partial charge in [-0.2, -0.15) is 0 Å². The molecule has 2 aromatic rings. The van der Waals surface area contributed by atoms with E-state index in [1.807, 2.05) is 42.5 Å². The van der Waals surface area contributed by atoms with E-state index in [4.69, 9.17) is 16.3 Å². The molecule has 2 aromatic carbocycles. The van der Waals surface area contributed by atoms with Crippen molar-refractivity contribution in [2.75, 3.05) is 0 Å². The molecule has 0 unspecified atom stereocenters. The number of carbonyl (C=O) groups excluding carboxylic acids is 1. The van der Waals surface area contributed by atoms with E-state index in [1.165, 1.54) is 0 Å². The van der Waals surface area contributed by atoms with Gasteiger partial charge in [-0.3, -0.25) is 0 Å². The van der Waals surface area contributed by atoms with E-state index in [9.17, 15) is 4.79 Å². The number of cyclic esters (lactones) is 1. The van der Waals surface area contributed by atoms with Gasteiger partial charge in [0.2, 0.25) is 5.90 Å². The van der Waals surface area contributed by atoms with Gasteiger partial charge in [-0.1, -0.05) is 41.9 Å². The van der Waals surface area contributed by atoms with Crippen molar-refractivity contribution in [3.8, 4) is 0 Å². The Bertz CT molecular complexity index is 769. The average molecular weight is 410 g/mol. The van der Waals surface area contributed by atoms with Crippen LogP contribution in [0.25, 0.3) is 6.08 Å². The van der Waals surface area contributed by atoms with Gasteiger partial charge >= 0.3 is 5.97 Å². The molecule has 1 aliphatic rings. The lowest BCUT2D eigenvalue weighted by molar-refractivity contribution is -0.129. The number of hydrogen-bond donors (Lipinski definition) is 0. The number of esters is 1. The first kappa shape index (κ1) is 14.3. The summed E-state index contributed by atoms with van der Waals surface area (Å²) >= 11 is 8.31. The summed E-state index contributed by atoms with van der Waals surface area (Å²) in [4.78, 5) is 16.2. The van der Waals surface area contributed by atoms with Crippen LogP contribution in [0.1, 0.15) is 11.1 Å². The fourth-order valence-electron chi connectivity index (χ4n) is 1.89. The third-order valence-corrected chi connectivity index (χ3v) is 3.88. The van der Waals surface area contributed by atoms with Crippen molar-refractivity contribution in [1.29, 1.82) is 0 Å². The van der Waals surface area contributed by atoms with E-state index >= 15 is 0 Å². The van der Waals surface area contributed by atoms with Gasteiger partial charge in [0, 0.05) is 3.57 Å². The summed E-state index contributed by atoms with van der Waals surface area (Å²) in [6.07, 6.45) is 1.69. The van der Waals surface area contributed by atoms with E-state index in [2.05, 4.69) is 27.6 Å². The molecule has 0 saturated heterocycles. The molecule has 21 heavy (non-hydrogen) atoms. The minimum absolute atomic E-state index is 0.241. The minimum Gasteiger partial charge on any atom is -0.402 e. The Balaban J connectivity index is 1.99. The van der Waals surface area contributed by atoms with E-state index < -0.39 is 5.97 Å². The number of benzene rings is 2. The van der Waals surface area contributed by atoms with Crippen LogP contribution in [0.3, 0.4) is 0 Å². The highest BCUT2D eigenvalue weighted by Crippen LogP contribution is 2.25. The SMILES string of the molecule is O=C1OC(c2cc(I)ccc2Cl)=N/C1=C/c1ccccc1. The van der Waals surface area contributed by atoms with E-state index in [0.717, 1.165) is 9.13 Å². The lowest BCUT2D eigenvalue weighted by atomic mass is 10.2. The smallest absolute Gasteiger partial charge is 0.363 e. The Morgan fingerprint density at radius 3 is 2.67 bits per heavy atom. The Morgan fingerprint density at radius 1 is 1.14 bits per heavy atom. The summed E-state index contributed by atoms with van der Waals surface area (Å²) < 4.78 is 6.21. The summed E-state index contributed by atoms with van der Waals surface area (Å²) in [6.45, 7) is 0. The molecule has 0 N–H and O–H groups in total. The molecule has 1 aliphatic heterocycles.